The summed E-state index contributed by atoms with van der Waals surface area (Å²) in [4.78, 5) is 11.1. The van der Waals surface area contributed by atoms with Gasteiger partial charge in [0.1, 0.15) is 0 Å². The molecule has 5 N–H and O–H groups in total. The van der Waals surface area contributed by atoms with Crippen LogP contribution in [-0.2, 0) is 0 Å². The molecule has 0 aliphatic heterocycles. The van der Waals surface area contributed by atoms with Crippen molar-refractivity contribution in [2.45, 2.75) is 0 Å². The molecular formula is C10H12ClN3O. The van der Waals surface area contributed by atoms with Crippen LogP contribution in [0.2, 0.25) is 0 Å². The maximum Gasteiger partial charge on any atom is 0.250 e. The van der Waals surface area contributed by atoms with Crippen LogP contribution in [0, 0.1) is 0 Å². The lowest BCUT2D eigenvalue weighted by molar-refractivity contribution is 0.100. The molecule has 0 saturated carbocycles. The third kappa shape index (κ3) is 3.18. The largest absolute Gasteiger partial charge is 0.399 e. The molecule has 5 heteroatoms. The van der Waals surface area contributed by atoms with E-state index in [4.69, 9.17) is 23.1 Å². The number of primary amides is 1. The Labute approximate surface area is 92.9 Å². The van der Waals surface area contributed by atoms with E-state index in [0.717, 1.165) is 0 Å². The summed E-state index contributed by atoms with van der Waals surface area (Å²) in [6, 6.07) is 4.80. The van der Waals surface area contributed by atoms with E-state index in [1.165, 1.54) is 0 Å². The first-order valence-electron chi connectivity index (χ1n) is 4.27. The summed E-state index contributed by atoms with van der Waals surface area (Å²) < 4.78 is 0. The number of anilines is 2. The van der Waals surface area contributed by atoms with Gasteiger partial charge in [-0.3, -0.25) is 4.79 Å². The quantitative estimate of drug-likeness (QED) is 0.680. The van der Waals surface area contributed by atoms with Crippen LogP contribution < -0.4 is 16.8 Å². The first kappa shape index (κ1) is 11.4. The van der Waals surface area contributed by atoms with Crippen molar-refractivity contribution in [2.75, 3.05) is 17.6 Å². The average molecular weight is 226 g/mol. The first-order valence-corrected chi connectivity index (χ1v) is 4.65. The van der Waals surface area contributed by atoms with E-state index in [-0.39, 0.29) is 0 Å². The monoisotopic (exact) mass is 225 g/mol. The second-order valence-electron chi connectivity index (χ2n) is 3.04. The Morgan fingerprint density at radius 1 is 1.53 bits per heavy atom. The fourth-order valence-electron chi connectivity index (χ4n) is 1.11. The van der Waals surface area contributed by atoms with Gasteiger partial charge in [0, 0.05) is 16.4 Å². The highest BCUT2D eigenvalue weighted by Crippen LogP contribution is 2.19. The minimum absolute atomic E-state index is 0.352. The minimum atomic E-state index is -0.516. The SMILES string of the molecule is C=C(Cl)CNc1cc(N)ccc1C(N)=O. The lowest BCUT2D eigenvalue weighted by Crippen LogP contribution is -2.15. The van der Waals surface area contributed by atoms with E-state index >= 15 is 0 Å². The number of amides is 1. The average Bonchev–Trinajstić information content (AvgIpc) is 2.14. The van der Waals surface area contributed by atoms with E-state index in [1.807, 2.05) is 0 Å². The zero-order valence-electron chi connectivity index (χ0n) is 8.09. The minimum Gasteiger partial charge on any atom is -0.399 e. The first-order chi connectivity index (χ1) is 7.00. The number of benzene rings is 1. The number of nitrogens with one attached hydrogen (secondary N) is 1. The molecular weight excluding hydrogens is 214 g/mol. The molecule has 0 unspecified atom stereocenters. The van der Waals surface area contributed by atoms with Crippen molar-refractivity contribution < 1.29 is 4.79 Å². The van der Waals surface area contributed by atoms with E-state index in [2.05, 4.69) is 11.9 Å². The molecule has 80 valence electrons. The molecule has 0 heterocycles. The zero-order chi connectivity index (χ0) is 11.4. The third-order valence-electron chi connectivity index (χ3n) is 1.78. The van der Waals surface area contributed by atoms with Gasteiger partial charge >= 0.3 is 0 Å². The molecule has 0 atom stereocenters. The van der Waals surface area contributed by atoms with Crippen molar-refractivity contribution in [2.24, 2.45) is 5.73 Å². The number of carbonyl (C=O) groups is 1. The summed E-state index contributed by atoms with van der Waals surface area (Å²) in [5.41, 5.74) is 12.3. The molecule has 0 radical (unpaired) electrons. The van der Waals surface area contributed by atoms with Crippen molar-refractivity contribution in [3.8, 4) is 0 Å². The normalized spacial score (nSPS) is 9.67. The molecule has 0 aliphatic carbocycles. The topological polar surface area (TPSA) is 81.1 Å². The predicted molar refractivity (Wildman–Crippen MR) is 62.9 cm³/mol. The van der Waals surface area contributed by atoms with Gasteiger partial charge in [0.05, 0.1) is 12.1 Å². The maximum atomic E-state index is 11.1. The molecule has 4 nitrogen and oxygen atoms in total. The Morgan fingerprint density at radius 2 is 2.20 bits per heavy atom. The number of carbonyl (C=O) groups excluding carboxylic acids is 1. The van der Waals surface area contributed by atoms with Crippen LogP contribution in [0.3, 0.4) is 0 Å². The van der Waals surface area contributed by atoms with Gasteiger partial charge in [-0.2, -0.15) is 0 Å². The summed E-state index contributed by atoms with van der Waals surface area (Å²) in [6.45, 7) is 3.88. The van der Waals surface area contributed by atoms with Crippen LogP contribution >= 0.6 is 11.6 Å². The van der Waals surface area contributed by atoms with E-state index < -0.39 is 5.91 Å². The molecule has 1 amide bonds. The Kier molecular flexibility index (Phi) is 3.57. The predicted octanol–water partition coefficient (Wildman–Crippen LogP) is 1.53. The summed E-state index contributed by atoms with van der Waals surface area (Å²) in [7, 11) is 0. The van der Waals surface area contributed by atoms with Crippen LogP contribution in [0.1, 0.15) is 10.4 Å². The molecule has 0 spiro atoms. The van der Waals surface area contributed by atoms with E-state index in [9.17, 15) is 4.79 Å². The van der Waals surface area contributed by atoms with Crippen molar-refractivity contribution in [3.63, 3.8) is 0 Å². The third-order valence-corrected chi connectivity index (χ3v) is 1.91. The highest BCUT2D eigenvalue weighted by molar-refractivity contribution is 6.29. The van der Waals surface area contributed by atoms with Crippen LogP contribution in [0.25, 0.3) is 0 Å². The highest BCUT2D eigenvalue weighted by Gasteiger charge is 2.07. The molecule has 1 aromatic rings. The molecule has 0 saturated heterocycles. The zero-order valence-corrected chi connectivity index (χ0v) is 8.84. The van der Waals surface area contributed by atoms with Gasteiger partial charge in [-0.25, -0.2) is 0 Å². The van der Waals surface area contributed by atoms with Gasteiger partial charge < -0.3 is 16.8 Å². The number of nitrogens with two attached hydrogens (primary N) is 2. The standard InChI is InChI=1S/C10H12ClN3O/c1-6(11)5-14-9-4-7(12)2-3-8(9)10(13)15/h2-4,14H,1,5,12H2,(H2,13,15). The molecule has 0 bridgehead atoms. The lowest BCUT2D eigenvalue weighted by Gasteiger charge is -2.09. The Morgan fingerprint density at radius 3 is 2.73 bits per heavy atom. The van der Waals surface area contributed by atoms with Crippen molar-refractivity contribution >= 4 is 28.9 Å². The maximum absolute atomic E-state index is 11.1. The van der Waals surface area contributed by atoms with Gasteiger partial charge in [-0.1, -0.05) is 18.2 Å². The van der Waals surface area contributed by atoms with E-state index in [0.29, 0.717) is 28.5 Å². The summed E-state index contributed by atoms with van der Waals surface area (Å²) >= 11 is 5.59. The fraction of sp³-hybridized carbons (Fsp3) is 0.100. The summed E-state index contributed by atoms with van der Waals surface area (Å²) in [6.07, 6.45) is 0. The summed E-state index contributed by atoms with van der Waals surface area (Å²) in [5, 5.41) is 3.36. The number of nitrogen functional groups attached to an aromatic ring is 1. The van der Waals surface area contributed by atoms with Crippen molar-refractivity contribution in [1.29, 1.82) is 0 Å². The van der Waals surface area contributed by atoms with Crippen LogP contribution in [0.15, 0.2) is 29.8 Å². The Bertz CT molecular complexity index is 404. The second kappa shape index (κ2) is 4.70. The molecule has 1 aromatic carbocycles. The number of hydrogen-bond donors (Lipinski definition) is 3. The Balaban J connectivity index is 2.96. The highest BCUT2D eigenvalue weighted by atomic mass is 35.5. The molecule has 15 heavy (non-hydrogen) atoms. The molecule has 0 aliphatic rings. The van der Waals surface area contributed by atoms with Gasteiger partial charge in [0.25, 0.3) is 5.91 Å². The van der Waals surface area contributed by atoms with Crippen molar-refractivity contribution in [3.05, 3.63) is 35.4 Å². The smallest absolute Gasteiger partial charge is 0.250 e. The van der Waals surface area contributed by atoms with E-state index in [1.54, 1.807) is 18.2 Å². The van der Waals surface area contributed by atoms with Gasteiger partial charge in [0.15, 0.2) is 0 Å². The van der Waals surface area contributed by atoms with Gasteiger partial charge in [-0.15, -0.1) is 0 Å². The van der Waals surface area contributed by atoms with Gasteiger partial charge in [0.2, 0.25) is 0 Å². The fourth-order valence-corrected chi connectivity index (χ4v) is 1.18. The molecule has 0 fully saturated rings. The van der Waals surface area contributed by atoms with Crippen LogP contribution in [-0.4, -0.2) is 12.5 Å². The Hall–Kier alpha value is -1.68. The number of rotatable bonds is 4. The summed E-state index contributed by atoms with van der Waals surface area (Å²) in [5.74, 6) is -0.516. The van der Waals surface area contributed by atoms with Crippen LogP contribution in [0.4, 0.5) is 11.4 Å². The van der Waals surface area contributed by atoms with Crippen molar-refractivity contribution in [1.82, 2.24) is 0 Å². The molecule has 1 rings (SSSR count). The second-order valence-corrected chi connectivity index (χ2v) is 3.57. The van der Waals surface area contributed by atoms with Crippen LogP contribution in [0.5, 0.6) is 0 Å². The lowest BCUT2D eigenvalue weighted by atomic mass is 10.1. The van der Waals surface area contributed by atoms with Gasteiger partial charge in [-0.05, 0) is 18.2 Å². The molecule has 0 aromatic heterocycles. The number of hydrogen-bond acceptors (Lipinski definition) is 3. The number of halogens is 1.